The van der Waals surface area contributed by atoms with Crippen LogP contribution in [0.5, 0.6) is 0 Å². The van der Waals surface area contributed by atoms with Gasteiger partial charge >= 0.3 is 0 Å². The Morgan fingerprint density at radius 3 is 2.75 bits per heavy atom. The molecule has 0 atom stereocenters. The molecule has 0 spiro atoms. The fourth-order valence-electron chi connectivity index (χ4n) is 1.93. The van der Waals surface area contributed by atoms with Gasteiger partial charge in [0.15, 0.2) is 0 Å². The Kier molecular flexibility index (Phi) is 3.30. The van der Waals surface area contributed by atoms with E-state index in [0.717, 1.165) is 22.3 Å². The van der Waals surface area contributed by atoms with Crippen LogP contribution >= 0.6 is 22.7 Å². The Morgan fingerprint density at radius 2 is 2.15 bits per heavy atom. The second-order valence-corrected chi connectivity index (χ2v) is 7.69. The largest absolute Gasteiger partial charge is 0.345 e. The van der Waals surface area contributed by atoms with Crippen molar-refractivity contribution in [3.8, 4) is 0 Å². The lowest BCUT2D eigenvalue weighted by Gasteiger charge is -2.14. The highest BCUT2D eigenvalue weighted by Crippen LogP contribution is 2.27. The quantitative estimate of drug-likeness (QED) is 0.738. The molecule has 3 heterocycles. The summed E-state index contributed by atoms with van der Waals surface area (Å²) in [6.07, 6.45) is 2.04. The van der Waals surface area contributed by atoms with E-state index in [2.05, 4.69) is 59.6 Å². The molecule has 0 aromatic carbocycles. The monoisotopic (exact) mass is 306 g/mol. The highest BCUT2D eigenvalue weighted by atomic mass is 32.1. The van der Waals surface area contributed by atoms with Crippen LogP contribution in [0.2, 0.25) is 0 Å². The third-order valence-corrected chi connectivity index (χ3v) is 4.90. The van der Waals surface area contributed by atoms with Crippen LogP contribution in [0.15, 0.2) is 23.0 Å². The predicted molar refractivity (Wildman–Crippen MR) is 86.0 cm³/mol. The van der Waals surface area contributed by atoms with Gasteiger partial charge in [-0.1, -0.05) is 32.1 Å². The average Bonchev–Trinajstić information content (AvgIpc) is 3.00. The van der Waals surface area contributed by atoms with Gasteiger partial charge in [0.2, 0.25) is 10.1 Å². The first-order chi connectivity index (χ1) is 9.43. The Bertz CT molecular complexity index is 672. The summed E-state index contributed by atoms with van der Waals surface area (Å²) in [6, 6.07) is 2.15. The van der Waals surface area contributed by atoms with Crippen LogP contribution in [0, 0.1) is 0 Å². The summed E-state index contributed by atoms with van der Waals surface area (Å²) in [5, 5.41) is 9.91. The van der Waals surface area contributed by atoms with Gasteiger partial charge in [-0.3, -0.25) is 0 Å². The molecule has 0 aliphatic heterocycles. The van der Waals surface area contributed by atoms with E-state index in [9.17, 15) is 0 Å². The number of fused-ring (bicyclic) bond motifs is 1. The zero-order valence-electron chi connectivity index (χ0n) is 12.1. The molecule has 0 unspecified atom stereocenters. The maximum Gasteiger partial charge on any atom is 0.214 e. The normalized spacial score (nSPS) is 12.2. The summed E-state index contributed by atoms with van der Waals surface area (Å²) in [5.74, 6) is 0. The zero-order chi connectivity index (χ0) is 14.3. The van der Waals surface area contributed by atoms with Crippen LogP contribution in [-0.2, 0) is 12.0 Å². The minimum atomic E-state index is 0.0656. The fraction of sp³-hybridized carbons (Fsp3) is 0.429. The number of anilines is 1. The van der Waals surface area contributed by atoms with Gasteiger partial charge in [-0.15, -0.1) is 5.10 Å². The van der Waals surface area contributed by atoms with Gasteiger partial charge in [0, 0.05) is 19.0 Å². The van der Waals surface area contributed by atoms with Crippen LogP contribution in [0.3, 0.4) is 0 Å². The zero-order valence-corrected chi connectivity index (χ0v) is 13.8. The van der Waals surface area contributed by atoms with Crippen molar-refractivity contribution >= 4 is 32.8 Å². The van der Waals surface area contributed by atoms with Crippen molar-refractivity contribution in [2.45, 2.75) is 32.7 Å². The first-order valence-corrected chi connectivity index (χ1v) is 8.28. The molecule has 0 aliphatic rings. The predicted octanol–water partition coefficient (Wildman–Crippen LogP) is 3.79. The van der Waals surface area contributed by atoms with Gasteiger partial charge in [0.1, 0.15) is 0 Å². The van der Waals surface area contributed by atoms with Crippen molar-refractivity contribution in [1.82, 2.24) is 14.6 Å². The second-order valence-electron chi connectivity index (χ2n) is 5.98. The lowest BCUT2D eigenvalue weighted by molar-refractivity contribution is 0.572. The topological polar surface area (TPSA) is 33.4 Å². The van der Waals surface area contributed by atoms with E-state index in [0.29, 0.717) is 0 Å². The van der Waals surface area contributed by atoms with Gasteiger partial charge in [-0.05, 0) is 22.4 Å². The molecule has 3 aromatic rings. The molecule has 4 nitrogen and oxygen atoms in total. The first-order valence-electron chi connectivity index (χ1n) is 6.52. The van der Waals surface area contributed by atoms with Crippen LogP contribution < -0.4 is 4.90 Å². The van der Waals surface area contributed by atoms with E-state index in [4.69, 9.17) is 0 Å². The fourth-order valence-corrected chi connectivity index (χ4v) is 3.43. The third-order valence-electron chi connectivity index (χ3n) is 3.13. The smallest absolute Gasteiger partial charge is 0.214 e. The number of hydrogen-bond acceptors (Lipinski definition) is 5. The Labute approximate surface area is 126 Å². The number of aromatic nitrogens is 3. The molecule has 0 saturated heterocycles. The van der Waals surface area contributed by atoms with Crippen molar-refractivity contribution < 1.29 is 0 Å². The summed E-state index contributed by atoms with van der Waals surface area (Å²) in [5.41, 5.74) is 2.47. The molecule has 106 valence electrons. The van der Waals surface area contributed by atoms with Gasteiger partial charge in [-0.25, -0.2) is 9.50 Å². The van der Waals surface area contributed by atoms with Crippen LogP contribution in [0.25, 0.3) is 4.96 Å². The van der Waals surface area contributed by atoms with Crippen LogP contribution in [0.1, 0.15) is 32.0 Å². The van der Waals surface area contributed by atoms with Gasteiger partial charge in [0.25, 0.3) is 0 Å². The number of hydrogen-bond donors (Lipinski definition) is 0. The minimum Gasteiger partial charge on any atom is -0.345 e. The van der Waals surface area contributed by atoms with E-state index in [1.165, 1.54) is 5.56 Å². The molecule has 0 N–H and O–H groups in total. The molecular formula is C14H18N4S2. The lowest BCUT2D eigenvalue weighted by atomic mass is 9.93. The maximum absolute atomic E-state index is 4.68. The standard InChI is InChI=1S/C14H18N4S2/c1-14(2,3)11-8-18-12(15-11)20-13(16-18)17(4)7-10-5-6-19-9-10/h5-6,8-9H,7H2,1-4H3. The van der Waals surface area contributed by atoms with Gasteiger partial charge in [-0.2, -0.15) is 11.3 Å². The Morgan fingerprint density at radius 1 is 1.35 bits per heavy atom. The lowest BCUT2D eigenvalue weighted by Crippen LogP contribution is -2.16. The van der Waals surface area contributed by atoms with E-state index in [-0.39, 0.29) is 5.41 Å². The molecule has 0 fully saturated rings. The maximum atomic E-state index is 4.68. The molecule has 0 aliphatic carbocycles. The van der Waals surface area contributed by atoms with E-state index in [1.54, 1.807) is 22.7 Å². The molecule has 6 heteroatoms. The summed E-state index contributed by atoms with van der Waals surface area (Å²) in [4.78, 5) is 7.80. The molecule has 0 amide bonds. The summed E-state index contributed by atoms with van der Waals surface area (Å²) in [6.45, 7) is 7.39. The van der Waals surface area contributed by atoms with Crippen LogP contribution in [-0.4, -0.2) is 21.6 Å². The van der Waals surface area contributed by atoms with Crippen molar-refractivity contribution in [1.29, 1.82) is 0 Å². The molecule has 3 aromatic heterocycles. The van der Waals surface area contributed by atoms with E-state index >= 15 is 0 Å². The van der Waals surface area contributed by atoms with Crippen molar-refractivity contribution in [3.63, 3.8) is 0 Å². The SMILES string of the molecule is CN(Cc1ccsc1)c1nn2cc(C(C)(C)C)nc2s1. The highest BCUT2D eigenvalue weighted by Gasteiger charge is 2.20. The summed E-state index contributed by atoms with van der Waals surface area (Å²) in [7, 11) is 2.07. The molecule has 3 rings (SSSR count). The third kappa shape index (κ3) is 2.58. The summed E-state index contributed by atoms with van der Waals surface area (Å²) >= 11 is 3.36. The molecule has 20 heavy (non-hydrogen) atoms. The number of thiophene rings is 1. The Balaban J connectivity index is 1.84. The van der Waals surface area contributed by atoms with E-state index < -0.39 is 0 Å². The number of rotatable bonds is 3. The van der Waals surface area contributed by atoms with Gasteiger partial charge in [0.05, 0.1) is 11.9 Å². The highest BCUT2D eigenvalue weighted by molar-refractivity contribution is 7.20. The van der Waals surface area contributed by atoms with Crippen LogP contribution in [0.4, 0.5) is 5.13 Å². The number of nitrogens with zero attached hydrogens (tertiary/aromatic N) is 4. The first kappa shape index (κ1) is 13.6. The minimum absolute atomic E-state index is 0.0656. The van der Waals surface area contributed by atoms with Crippen molar-refractivity contribution in [2.24, 2.45) is 0 Å². The molecule has 0 radical (unpaired) electrons. The molecular weight excluding hydrogens is 288 g/mol. The van der Waals surface area contributed by atoms with Gasteiger partial charge < -0.3 is 4.90 Å². The average molecular weight is 306 g/mol. The molecule has 0 bridgehead atoms. The molecule has 0 saturated carbocycles. The number of imidazole rings is 1. The second kappa shape index (κ2) is 4.86. The Hall–Kier alpha value is -1.40. The van der Waals surface area contributed by atoms with Crippen molar-refractivity contribution in [2.75, 3.05) is 11.9 Å². The van der Waals surface area contributed by atoms with E-state index in [1.807, 2.05) is 10.7 Å². The summed E-state index contributed by atoms with van der Waals surface area (Å²) < 4.78 is 1.89. The van der Waals surface area contributed by atoms with Crippen molar-refractivity contribution in [3.05, 3.63) is 34.3 Å².